The number of Topliss-reactive ketones (excluding diaryl/α,β-unsaturated/α-hetero) is 1. The maximum absolute atomic E-state index is 10.5. The number of rotatable bonds is 4. The predicted molar refractivity (Wildman–Crippen MR) is 41.0 cm³/mol. The highest BCUT2D eigenvalue weighted by atomic mass is 31.0. The molecule has 0 aromatic rings. The highest BCUT2D eigenvalue weighted by molar-refractivity contribution is 7.13. The van der Waals surface area contributed by atoms with Crippen LogP contribution in [0.4, 0.5) is 0 Å². The molecule has 54 valence electrons. The van der Waals surface area contributed by atoms with E-state index >= 15 is 0 Å². The van der Waals surface area contributed by atoms with Gasteiger partial charge in [-0.15, -0.1) is 0 Å². The van der Waals surface area contributed by atoms with E-state index in [4.69, 9.17) is 5.73 Å². The quantitative estimate of drug-likeness (QED) is 0.537. The summed E-state index contributed by atoms with van der Waals surface area (Å²) in [6.07, 6.45) is 0.707. The summed E-state index contributed by atoms with van der Waals surface area (Å²) >= 11 is 0. The number of hydrogen-bond acceptors (Lipinski definition) is 3. The van der Waals surface area contributed by atoms with Gasteiger partial charge in [-0.05, 0) is 13.3 Å². The molecule has 0 saturated heterocycles. The van der Waals surface area contributed by atoms with Gasteiger partial charge in [-0.3, -0.25) is 4.79 Å². The van der Waals surface area contributed by atoms with E-state index in [1.165, 1.54) is 6.92 Å². The summed E-state index contributed by atoms with van der Waals surface area (Å²) in [5.41, 5.74) is 5.40. The third kappa shape index (κ3) is 4.52. The van der Waals surface area contributed by atoms with Crippen molar-refractivity contribution in [1.29, 1.82) is 0 Å². The Morgan fingerprint density at radius 2 is 2.44 bits per heavy atom. The second-order valence-corrected chi connectivity index (χ2v) is 2.37. The van der Waals surface area contributed by atoms with Crippen LogP contribution in [0.1, 0.15) is 13.3 Å². The maximum atomic E-state index is 10.5. The summed E-state index contributed by atoms with van der Waals surface area (Å²) in [6, 6.07) is -0.293. The Kier molecular flexibility index (Phi) is 4.87. The number of carbonyl (C=O) groups excluding carboxylic acids is 1. The predicted octanol–water partition coefficient (Wildman–Crippen LogP) is -0.328. The van der Waals surface area contributed by atoms with E-state index in [0.29, 0.717) is 6.42 Å². The van der Waals surface area contributed by atoms with Gasteiger partial charge >= 0.3 is 0 Å². The molecule has 0 aliphatic carbocycles. The normalized spacial score (nSPS) is 13.2. The lowest BCUT2D eigenvalue weighted by Crippen LogP contribution is -2.30. The minimum atomic E-state index is -0.293. The van der Waals surface area contributed by atoms with E-state index in [0.717, 1.165) is 6.54 Å². The molecule has 0 spiro atoms. The number of ketones is 1. The molecular formula is C5H13N2OP. The van der Waals surface area contributed by atoms with E-state index in [1.807, 2.05) is 0 Å². The lowest BCUT2D eigenvalue weighted by molar-refractivity contribution is -0.118. The Balaban J connectivity index is 3.27. The first kappa shape index (κ1) is 9.02. The SMILES string of the molecule is CC(=O)C(N)CCNP. The molecule has 0 fully saturated rings. The lowest BCUT2D eigenvalue weighted by atomic mass is 10.1. The highest BCUT2D eigenvalue weighted by Gasteiger charge is 2.05. The maximum Gasteiger partial charge on any atom is 0.146 e. The van der Waals surface area contributed by atoms with Crippen LogP contribution in [0, 0.1) is 0 Å². The van der Waals surface area contributed by atoms with Gasteiger partial charge in [-0.25, -0.2) is 0 Å². The smallest absolute Gasteiger partial charge is 0.146 e. The zero-order chi connectivity index (χ0) is 7.28. The summed E-state index contributed by atoms with van der Waals surface area (Å²) in [5.74, 6) is 0.0512. The molecule has 2 unspecified atom stereocenters. The summed E-state index contributed by atoms with van der Waals surface area (Å²) in [4.78, 5) is 10.5. The van der Waals surface area contributed by atoms with Crippen LogP contribution in [-0.2, 0) is 4.79 Å². The van der Waals surface area contributed by atoms with Crippen molar-refractivity contribution in [3.8, 4) is 0 Å². The molecule has 0 aromatic heterocycles. The second kappa shape index (κ2) is 4.86. The van der Waals surface area contributed by atoms with E-state index in [2.05, 4.69) is 14.5 Å². The lowest BCUT2D eigenvalue weighted by Gasteiger charge is -2.04. The largest absolute Gasteiger partial charge is 0.321 e. The van der Waals surface area contributed by atoms with Gasteiger partial charge in [0.15, 0.2) is 0 Å². The summed E-state index contributed by atoms with van der Waals surface area (Å²) in [6.45, 7) is 2.28. The Bertz CT molecular complexity index is 97.0. The van der Waals surface area contributed by atoms with Crippen molar-refractivity contribution >= 4 is 15.2 Å². The van der Waals surface area contributed by atoms with Crippen molar-refractivity contribution in [2.24, 2.45) is 5.73 Å². The fourth-order valence-electron chi connectivity index (χ4n) is 0.442. The van der Waals surface area contributed by atoms with Crippen LogP contribution in [0.2, 0.25) is 0 Å². The Hall–Kier alpha value is 0.0200. The van der Waals surface area contributed by atoms with Crippen LogP contribution < -0.4 is 10.8 Å². The molecule has 9 heavy (non-hydrogen) atoms. The molecule has 4 heteroatoms. The van der Waals surface area contributed by atoms with Crippen molar-refractivity contribution in [1.82, 2.24) is 5.09 Å². The first-order chi connectivity index (χ1) is 4.18. The number of nitrogens with one attached hydrogen (secondary N) is 1. The van der Waals surface area contributed by atoms with Crippen molar-refractivity contribution in [3.05, 3.63) is 0 Å². The average molecular weight is 148 g/mol. The van der Waals surface area contributed by atoms with E-state index in [1.54, 1.807) is 0 Å². The molecular weight excluding hydrogens is 135 g/mol. The van der Waals surface area contributed by atoms with Crippen molar-refractivity contribution in [2.75, 3.05) is 6.54 Å². The molecule has 3 nitrogen and oxygen atoms in total. The standard InChI is InChI=1S/C5H13N2OP/c1-4(8)5(6)2-3-7-9/h5,7H,2-3,6,9H2,1H3. The van der Waals surface area contributed by atoms with Gasteiger partial charge in [0.25, 0.3) is 0 Å². The van der Waals surface area contributed by atoms with Gasteiger partial charge in [0.1, 0.15) is 5.78 Å². The van der Waals surface area contributed by atoms with Gasteiger partial charge in [0.05, 0.1) is 6.04 Å². The molecule has 0 radical (unpaired) electrons. The fraction of sp³-hybridized carbons (Fsp3) is 0.800. The number of nitrogens with two attached hydrogens (primary N) is 1. The van der Waals surface area contributed by atoms with Crippen molar-refractivity contribution in [2.45, 2.75) is 19.4 Å². The third-order valence-electron chi connectivity index (χ3n) is 1.12. The molecule has 0 amide bonds. The van der Waals surface area contributed by atoms with E-state index < -0.39 is 0 Å². The van der Waals surface area contributed by atoms with Crippen LogP contribution in [0.5, 0.6) is 0 Å². The fourth-order valence-corrected chi connectivity index (χ4v) is 0.609. The monoisotopic (exact) mass is 148 g/mol. The Morgan fingerprint density at radius 1 is 1.89 bits per heavy atom. The van der Waals surface area contributed by atoms with Crippen LogP contribution in [0.15, 0.2) is 0 Å². The van der Waals surface area contributed by atoms with Crippen LogP contribution in [0.3, 0.4) is 0 Å². The van der Waals surface area contributed by atoms with E-state index in [-0.39, 0.29) is 11.8 Å². The zero-order valence-electron chi connectivity index (χ0n) is 5.55. The molecule has 0 aliphatic heterocycles. The molecule has 2 atom stereocenters. The number of hydrogen-bond donors (Lipinski definition) is 2. The molecule has 0 rings (SSSR count). The molecule has 3 N–H and O–H groups in total. The Labute approximate surface area is 57.6 Å². The summed E-state index contributed by atoms with van der Waals surface area (Å²) in [7, 11) is 2.36. The molecule has 0 heterocycles. The molecule has 0 aromatic carbocycles. The molecule has 0 saturated carbocycles. The second-order valence-electron chi connectivity index (χ2n) is 1.96. The van der Waals surface area contributed by atoms with Crippen molar-refractivity contribution in [3.63, 3.8) is 0 Å². The van der Waals surface area contributed by atoms with Gasteiger partial charge in [-0.1, -0.05) is 9.39 Å². The van der Waals surface area contributed by atoms with E-state index in [9.17, 15) is 4.79 Å². The first-order valence-corrected chi connectivity index (χ1v) is 3.45. The third-order valence-corrected chi connectivity index (χ3v) is 1.41. The van der Waals surface area contributed by atoms with Crippen molar-refractivity contribution < 1.29 is 4.79 Å². The van der Waals surface area contributed by atoms with Crippen LogP contribution in [-0.4, -0.2) is 18.4 Å². The van der Waals surface area contributed by atoms with Crippen LogP contribution in [0.25, 0.3) is 0 Å². The first-order valence-electron chi connectivity index (χ1n) is 2.88. The minimum Gasteiger partial charge on any atom is -0.321 e. The summed E-state index contributed by atoms with van der Waals surface area (Å²) < 4.78 is 0. The molecule has 0 bridgehead atoms. The topological polar surface area (TPSA) is 55.1 Å². The number of carbonyl (C=O) groups is 1. The molecule has 0 aliphatic rings. The Morgan fingerprint density at radius 3 is 2.78 bits per heavy atom. The van der Waals surface area contributed by atoms with Gasteiger partial charge in [-0.2, -0.15) is 0 Å². The average Bonchev–Trinajstić information content (AvgIpc) is 1.82. The highest BCUT2D eigenvalue weighted by Crippen LogP contribution is 1.87. The zero-order valence-corrected chi connectivity index (χ0v) is 6.71. The van der Waals surface area contributed by atoms with Gasteiger partial charge < -0.3 is 10.8 Å². The van der Waals surface area contributed by atoms with Gasteiger partial charge in [0, 0.05) is 6.54 Å². The van der Waals surface area contributed by atoms with Gasteiger partial charge in [0.2, 0.25) is 0 Å². The minimum absolute atomic E-state index is 0.0512. The summed E-state index contributed by atoms with van der Waals surface area (Å²) in [5, 5.41) is 2.84. The van der Waals surface area contributed by atoms with Crippen LogP contribution >= 0.6 is 9.39 Å².